The van der Waals surface area contributed by atoms with Gasteiger partial charge >= 0.3 is 0 Å². The molecular weight excluding hydrogens is 252 g/mol. The van der Waals surface area contributed by atoms with Crippen LogP contribution >= 0.6 is 0 Å². The van der Waals surface area contributed by atoms with Gasteiger partial charge in [-0.15, -0.1) is 0 Å². The first kappa shape index (κ1) is 12.1. The van der Waals surface area contributed by atoms with Gasteiger partial charge in [-0.25, -0.2) is 5.43 Å². The number of hydrogen-bond donors (Lipinski definition) is 2. The van der Waals surface area contributed by atoms with Crippen LogP contribution in [-0.4, -0.2) is 22.1 Å². The third kappa shape index (κ3) is 2.42. The monoisotopic (exact) mass is 264 g/mol. The van der Waals surface area contributed by atoms with E-state index in [0.717, 1.165) is 16.5 Å². The molecule has 0 spiro atoms. The molecule has 2 aromatic heterocycles. The van der Waals surface area contributed by atoms with Crippen molar-refractivity contribution in [3.8, 4) is 0 Å². The van der Waals surface area contributed by atoms with E-state index in [1.165, 1.54) is 0 Å². The number of aromatic nitrogens is 2. The van der Waals surface area contributed by atoms with Crippen LogP contribution in [0.1, 0.15) is 16.1 Å². The normalized spacial score (nSPS) is 11.0. The standard InChI is InChI=1S/C15H12N4O/c20-15(14-7-3-4-8-16-14)19-18-10-11-9-17-13-6-2-1-5-12(11)13/h1-10,17H,(H,19,20). The number of carbonyl (C=O) groups excluding carboxylic acids is 1. The van der Waals surface area contributed by atoms with Crippen molar-refractivity contribution in [2.24, 2.45) is 5.10 Å². The molecule has 5 heteroatoms. The van der Waals surface area contributed by atoms with E-state index in [4.69, 9.17) is 0 Å². The fourth-order valence-electron chi connectivity index (χ4n) is 1.92. The summed E-state index contributed by atoms with van der Waals surface area (Å²) in [5.74, 6) is -0.332. The van der Waals surface area contributed by atoms with Crippen LogP contribution in [0.3, 0.4) is 0 Å². The molecule has 98 valence electrons. The third-order valence-electron chi connectivity index (χ3n) is 2.89. The zero-order chi connectivity index (χ0) is 13.8. The first-order chi connectivity index (χ1) is 9.84. The molecule has 0 saturated heterocycles. The molecule has 3 rings (SSSR count). The molecule has 0 aliphatic carbocycles. The maximum Gasteiger partial charge on any atom is 0.289 e. The summed E-state index contributed by atoms with van der Waals surface area (Å²) >= 11 is 0. The predicted octanol–water partition coefficient (Wildman–Crippen LogP) is 2.33. The van der Waals surface area contributed by atoms with Crippen LogP contribution in [0.5, 0.6) is 0 Å². The number of hydrogen-bond acceptors (Lipinski definition) is 3. The molecule has 0 fully saturated rings. The van der Waals surface area contributed by atoms with E-state index >= 15 is 0 Å². The second kappa shape index (κ2) is 5.36. The maximum absolute atomic E-state index is 11.7. The quantitative estimate of drug-likeness (QED) is 0.563. The summed E-state index contributed by atoms with van der Waals surface area (Å²) in [6.07, 6.45) is 5.03. The van der Waals surface area contributed by atoms with Gasteiger partial charge in [0.05, 0.1) is 6.21 Å². The molecule has 0 unspecified atom stereocenters. The molecule has 0 aliphatic rings. The number of carbonyl (C=O) groups is 1. The zero-order valence-electron chi connectivity index (χ0n) is 10.6. The van der Waals surface area contributed by atoms with Crippen molar-refractivity contribution in [3.05, 3.63) is 66.1 Å². The number of nitrogens with zero attached hydrogens (tertiary/aromatic N) is 2. The predicted molar refractivity (Wildman–Crippen MR) is 77.6 cm³/mol. The van der Waals surface area contributed by atoms with Crippen molar-refractivity contribution < 1.29 is 4.79 Å². The summed E-state index contributed by atoms with van der Waals surface area (Å²) in [7, 11) is 0. The first-order valence-corrected chi connectivity index (χ1v) is 6.15. The highest BCUT2D eigenvalue weighted by atomic mass is 16.2. The Morgan fingerprint density at radius 1 is 1.20 bits per heavy atom. The molecule has 0 saturated carbocycles. The Morgan fingerprint density at radius 3 is 2.90 bits per heavy atom. The summed E-state index contributed by atoms with van der Waals surface area (Å²) in [6.45, 7) is 0. The van der Waals surface area contributed by atoms with Crippen molar-refractivity contribution in [1.82, 2.24) is 15.4 Å². The van der Waals surface area contributed by atoms with E-state index in [9.17, 15) is 4.79 Å². The lowest BCUT2D eigenvalue weighted by Crippen LogP contribution is -2.18. The first-order valence-electron chi connectivity index (χ1n) is 6.15. The molecule has 20 heavy (non-hydrogen) atoms. The largest absolute Gasteiger partial charge is 0.361 e. The number of para-hydroxylation sites is 1. The number of amides is 1. The molecule has 5 nitrogen and oxygen atoms in total. The lowest BCUT2D eigenvalue weighted by Gasteiger charge is -1.97. The summed E-state index contributed by atoms with van der Waals surface area (Å²) in [5, 5.41) is 5.01. The number of benzene rings is 1. The second-order valence-electron chi connectivity index (χ2n) is 4.20. The number of H-pyrrole nitrogens is 1. The highest BCUT2D eigenvalue weighted by Crippen LogP contribution is 2.15. The smallest absolute Gasteiger partial charge is 0.289 e. The molecule has 0 atom stereocenters. The Bertz CT molecular complexity index is 762. The third-order valence-corrected chi connectivity index (χ3v) is 2.89. The van der Waals surface area contributed by atoms with Gasteiger partial charge in [-0.3, -0.25) is 9.78 Å². The maximum atomic E-state index is 11.7. The highest BCUT2D eigenvalue weighted by Gasteiger charge is 2.04. The van der Waals surface area contributed by atoms with E-state index in [1.807, 2.05) is 30.5 Å². The van der Waals surface area contributed by atoms with Crippen molar-refractivity contribution in [3.63, 3.8) is 0 Å². The minimum atomic E-state index is -0.332. The van der Waals surface area contributed by atoms with Crippen molar-refractivity contribution in [1.29, 1.82) is 0 Å². The molecule has 0 bridgehead atoms. The van der Waals surface area contributed by atoms with Gasteiger partial charge in [0.1, 0.15) is 5.69 Å². The average molecular weight is 264 g/mol. The van der Waals surface area contributed by atoms with Crippen LogP contribution in [0.25, 0.3) is 10.9 Å². The van der Waals surface area contributed by atoms with Gasteiger partial charge in [0, 0.05) is 28.9 Å². The van der Waals surface area contributed by atoms with Crippen molar-refractivity contribution >= 4 is 23.0 Å². The summed E-state index contributed by atoms with van der Waals surface area (Å²) in [5.41, 5.74) is 4.74. The van der Waals surface area contributed by atoms with Crippen LogP contribution < -0.4 is 5.43 Å². The van der Waals surface area contributed by atoms with Crippen LogP contribution in [0.2, 0.25) is 0 Å². The summed E-state index contributed by atoms with van der Waals surface area (Å²) < 4.78 is 0. The lowest BCUT2D eigenvalue weighted by atomic mass is 10.2. The molecule has 2 heterocycles. The van der Waals surface area contributed by atoms with Crippen LogP contribution in [-0.2, 0) is 0 Å². The Hall–Kier alpha value is -2.95. The van der Waals surface area contributed by atoms with Gasteiger partial charge in [-0.1, -0.05) is 24.3 Å². The molecule has 0 radical (unpaired) electrons. The van der Waals surface area contributed by atoms with E-state index in [1.54, 1.807) is 30.6 Å². The van der Waals surface area contributed by atoms with E-state index in [2.05, 4.69) is 20.5 Å². The fraction of sp³-hybridized carbons (Fsp3) is 0. The van der Waals surface area contributed by atoms with Gasteiger partial charge in [0.15, 0.2) is 0 Å². The molecule has 1 amide bonds. The Kier molecular flexibility index (Phi) is 3.24. The number of nitrogens with one attached hydrogen (secondary N) is 2. The lowest BCUT2D eigenvalue weighted by molar-refractivity contribution is 0.0950. The Morgan fingerprint density at radius 2 is 2.05 bits per heavy atom. The molecule has 1 aromatic carbocycles. The van der Waals surface area contributed by atoms with Gasteiger partial charge in [0.25, 0.3) is 5.91 Å². The highest BCUT2D eigenvalue weighted by molar-refractivity contribution is 5.99. The van der Waals surface area contributed by atoms with Gasteiger partial charge in [0.2, 0.25) is 0 Å². The van der Waals surface area contributed by atoms with E-state index < -0.39 is 0 Å². The zero-order valence-corrected chi connectivity index (χ0v) is 10.6. The Balaban J connectivity index is 1.74. The average Bonchev–Trinajstić information content (AvgIpc) is 2.92. The number of pyridine rings is 1. The van der Waals surface area contributed by atoms with Gasteiger partial charge < -0.3 is 4.98 Å². The minimum Gasteiger partial charge on any atom is -0.361 e. The van der Waals surface area contributed by atoms with Crippen LogP contribution in [0, 0.1) is 0 Å². The molecule has 0 aliphatic heterocycles. The number of aromatic amines is 1. The number of fused-ring (bicyclic) bond motifs is 1. The molecule has 2 N–H and O–H groups in total. The summed E-state index contributed by atoms with van der Waals surface area (Å²) in [4.78, 5) is 18.8. The summed E-state index contributed by atoms with van der Waals surface area (Å²) in [6, 6.07) is 13.0. The minimum absolute atomic E-state index is 0.332. The number of rotatable bonds is 3. The van der Waals surface area contributed by atoms with Crippen LogP contribution in [0.4, 0.5) is 0 Å². The van der Waals surface area contributed by atoms with Gasteiger partial charge in [-0.2, -0.15) is 5.10 Å². The molecular formula is C15H12N4O. The SMILES string of the molecule is O=C(NN=Cc1c[nH]c2ccccc12)c1ccccn1. The molecule has 3 aromatic rings. The van der Waals surface area contributed by atoms with E-state index in [-0.39, 0.29) is 5.91 Å². The number of hydrazone groups is 1. The second-order valence-corrected chi connectivity index (χ2v) is 4.20. The van der Waals surface area contributed by atoms with Gasteiger partial charge in [-0.05, 0) is 18.2 Å². The van der Waals surface area contributed by atoms with Crippen molar-refractivity contribution in [2.45, 2.75) is 0 Å². The van der Waals surface area contributed by atoms with Crippen molar-refractivity contribution in [2.75, 3.05) is 0 Å². The van der Waals surface area contributed by atoms with E-state index in [0.29, 0.717) is 5.69 Å². The topological polar surface area (TPSA) is 70.1 Å². The fourth-order valence-corrected chi connectivity index (χ4v) is 1.92. The Labute approximate surface area is 115 Å². The van der Waals surface area contributed by atoms with Crippen LogP contribution in [0.15, 0.2) is 60.0 Å².